The summed E-state index contributed by atoms with van der Waals surface area (Å²) in [4.78, 5) is 32.3. The molecule has 0 saturated carbocycles. The second-order valence-electron chi connectivity index (χ2n) is 10.2. The molecular formula is C29H31ClFN5O3. The van der Waals surface area contributed by atoms with E-state index in [0.29, 0.717) is 18.1 Å². The summed E-state index contributed by atoms with van der Waals surface area (Å²) in [5.74, 6) is 0.574. The summed E-state index contributed by atoms with van der Waals surface area (Å²) in [6.07, 6.45) is 0.889. The summed E-state index contributed by atoms with van der Waals surface area (Å²) in [5, 5.41) is 9.05. The quantitative estimate of drug-likeness (QED) is 0.448. The molecule has 0 radical (unpaired) electrons. The molecule has 0 bridgehead atoms. The Kier molecular flexibility index (Phi) is 7.97. The first-order valence-electron chi connectivity index (χ1n) is 13.1. The molecule has 0 N–H and O–H groups in total. The van der Waals surface area contributed by atoms with Gasteiger partial charge in [-0.1, -0.05) is 23.7 Å². The predicted octanol–water partition coefficient (Wildman–Crippen LogP) is 4.92. The van der Waals surface area contributed by atoms with Crippen molar-refractivity contribution in [3.63, 3.8) is 0 Å². The normalized spacial score (nSPS) is 19.7. The second-order valence-corrected chi connectivity index (χ2v) is 10.6. The van der Waals surface area contributed by atoms with Gasteiger partial charge in [-0.25, -0.2) is 9.18 Å². The molecule has 2 aromatic carbocycles. The minimum Gasteiger partial charge on any atom is -0.410 e. The van der Waals surface area contributed by atoms with Gasteiger partial charge in [-0.15, -0.1) is 5.10 Å². The Morgan fingerprint density at radius 2 is 1.67 bits per heavy atom. The molecule has 39 heavy (non-hydrogen) atoms. The van der Waals surface area contributed by atoms with Crippen LogP contribution in [0.2, 0.25) is 5.02 Å². The van der Waals surface area contributed by atoms with Crippen LogP contribution in [0.25, 0.3) is 0 Å². The van der Waals surface area contributed by atoms with E-state index >= 15 is 0 Å². The van der Waals surface area contributed by atoms with E-state index in [2.05, 4.69) is 15.1 Å². The molecule has 5 rings (SSSR count). The molecular weight excluding hydrogens is 521 g/mol. The van der Waals surface area contributed by atoms with Gasteiger partial charge in [0.05, 0.1) is 11.7 Å². The maximum atomic E-state index is 13.7. The van der Waals surface area contributed by atoms with Gasteiger partial charge in [0, 0.05) is 50.1 Å². The number of amides is 2. The van der Waals surface area contributed by atoms with Crippen LogP contribution < -0.4 is 9.64 Å². The molecule has 2 fully saturated rings. The Balaban J connectivity index is 1.28. The van der Waals surface area contributed by atoms with Crippen molar-refractivity contribution >= 4 is 29.4 Å². The van der Waals surface area contributed by atoms with Crippen molar-refractivity contribution in [3.05, 3.63) is 82.8 Å². The first kappa shape index (κ1) is 26.9. The lowest BCUT2D eigenvalue weighted by molar-refractivity contribution is -0.135. The molecule has 8 nitrogen and oxygen atoms in total. The number of piperidine rings is 1. The van der Waals surface area contributed by atoms with Gasteiger partial charge >= 0.3 is 6.09 Å². The summed E-state index contributed by atoms with van der Waals surface area (Å²) in [7, 11) is 1.68. The van der Waals surface area contributed by atoms with Crippen LogP contribution in [0.5, 0.6) is 5.75 Å². The Hall–Kier alpha value is -3.72. The van der Waals surface area contributed by atoms with E-state index in [0.717, 1.165) is 43.0 Å². The van der Waals surface area contributed by atoms with E-state index in [-0.39, 0.29) is 29.5 Å². The highest BCUT2D eigenvalue weighted by atomic mass is 35.5. The number of likely N-dealkylation sites (tertiary alicyclic amines) is 1. The van der Waals surface area contributed by atoms with Gasteiger partial charge in [-0.2, -0.15) is 5.10 Å². The van der Waals surface area contributed by atoms with Gasteiger partial charge in [0.25, 0.3) is 0 Å². The lowest BCUT2D eigenvalue weighted by Crippen LogP contribution is -2.45. The zero-order valence-corrected chi connectivity index (χ0v) is 22.7. The average molecular weight is 552 g/mol. The minimum atomic E-state index is -0.563. The molecule has 1 unspecified atom stereocenters. The van der Waals surface area contributed by atoms with Crippen molar-refractivity contribution < 1.29 is 18.7 Å². The fourth-order valence-corrected chi connectivity index (χ4v) is 5.51. The molecule has 3 heterocycles. The van der Waals surface area contributed by atoms with Crippen molar-refractivity contribution in [3.8, 4) is 5.75 Å². The Bertz CT molecular complexity index is 1300. The molecule has 204 valence electrons. The highest BCUT2D eigenvalue weighted by Crippen LogP contribution is 2.34. The zero-order valence-electron chi connectivity index (χ0n) is 22.0. The third kappa shape index (κ3) is 6.14. The maximum Gasteiger partial charge on any atom is 0.415 e. The number of rotatable bonds is 5. The van der Waals surface area contributed by atoms with Crippen LogP contribution in [0.3, 0.4) is 0 Å². The number of benzene rings is 2. The van der Waals surface area contributed by atoms with Gasteiger partial charge in [-0.3, -0.25) is 4.79 Å². The minimum absolute atomic E-state index is 0.0965. The van der Waals surface area contributed by atoms with E-state index < -0.39 is 11.9 Å². The van der Waals surface area contributed by atoms with E-state index in [1.54, 1.807) is 7.05 Å². The van der Waals surface area contributed by atoms with Crippen LogP contribution in [0.4, 0.5) is 15.0 Å². The number of halogens is 2. The number of carbonyl (C=O) groups is 2. The molecule has 2 aliphatic rings. The van der Waals surface area contributed by atoms with E-state index in [9.17, 15) is 14.0 Å². The van der Waals surface area contributed by atoms with Crippen molar-refractivity contribution in [1.29, 1.82) is 0 Å². The van der Waals surface area contributed by atoms with Crippen molar-refractivity contribution in [1.82, 2.24) is 20.0 Å². The zero-order chi connectivity index (χ0) is 27.5. The highest BCUT2D eigenvalue weighted by molar-refractivity contribution is 6.30. The number of likely N-dealkylation sites (N-methyl/N-ethyl adjacent to an activating group) is 1. The number of ether oxygens (including phenoxy) is 1. The summed E-state index contributed by atoms with van der Waals surface area (Å²) >= 11 is 6.13. The first-order chi connectivity index (χ1) is 18.8. The van der Waals surface area contributed by atoms with E-state index in [1.165, 1.54) is 29.2 Å². The Morgan fingerprint density at radius 1 is 0.974 bits per heavy atom. The van der Waals surface area contributed by atoms with Gasteiger partial charge in [0.15, 0.2) is 5.82 Å². The van der Waals surface area contributed by atoms with Crippen molar-refractivity contribution in [2.75, 3.05) is 38.1 Å². The van der Waals surface area contributed by atoms with Crippen LogP contribution >= 0.6 is 11.6 Å². The number of aromatic nitrogens is 2. The molecule has 2 atom stereocenters. The van der Waals surface area contributed by atoms with Crippen LogP contribution in [-0.4, -0.2) is 71.3 Å². The number of aryl methyl sites for hydroxylation is 1. The molecule has 3 aromatic rings. The molecule has 0 spiro atoms. The van der Waals surface area contributed by atoms with E-state index in [1.807, 2.05) is 48.2 Å². The first-order valence-corrected chi connectivity index (χ1v) is 13.5. The smallest absolute Gasteiger partial charge is 0.410 e. The standard InChI is InChI=1S/C29H31ClFN5O3/c1-19-3-12-27(33-32-19)35-15-13-21(14-16-35)28(37)36-17-25(20-4-6-22(30)7-5-20)26(18-36)34(2)29(38)39-24-10-8-23(31)9-11-24/h3-12,21,25-26H,13-18H2,1-2H3/t25?,26-/m1/s1. The van der Waals surface area contributed by atoms with E-state index in [4.69, 9.17) is 16.3 Å². The molecule has 2 saturated heterocycles. The highest BCUT2D eigenvalue weighted by Gasteiger charge is 2.42. The summed E-state index contributed by atoms with van der Waals surface area (Å²) in [5.41, 5.74) is 1.86. The van der Waals surface area contributed by atoms with Crippen LogP contribution in [0.1, 0.15) is 30.0 Å². The van der Waals surface area contributed by atoms with Crippen molar-refractivity contribution in [2.24, 2.45) is 5.92 Å². The van der Waals surface area contributed by atoms with Crippen LogP contribution in [-0.2, 0) is 4.79 Å². The number of anilines is 1. The van der Waals surface area contributed by atoms with Gasteiger partial charge in [0.1, 0.15) is 11.6 Å². The third-order valence-electron chi connectivity index (χ3n) is 7.66. The predicted molar refractivity (Wildman–Crippen MR) is 146 cm³/mol. The Labute approximate surface area is 232 Å². The molecule has 2 amide bonds. The maximum absolute atomic E-state index is 13.7. The fraction of sp³-hybridized carbons (Fsp3) is 0.379. The topological polar surface area (TPSA) is 78.9 Å². The van der Waals surface area contributed by atoms with Crippen LogP contribution in [0, 0.1) is 18.7 Å². The summed E-state index contributed by atoms with van der Waals surface area (Å²) in [6, 6.07) is 16.4. The molecule has 2 aliphatic heterocycles. The SMILES string of the molecule is Cc1ccc(N2CCC(C(=O)N3CC(c4ccc(Cl)cc4)[C@H](N(C)C(=O)Oc4ccc(F)cc4)C3)CC2)nn1. The lowest BCUT2D eigenvalue weighted by Gasteiger charge is -2.33. The van der Waals surface area contributed by atoms with Crippen molar-refractivity contribution in [2.45, 2.75) is 31.7 Å². The summed E-state index contributed by atoms with van der Waals surface area (Å²) in [6.45, 7) is 4.25. The largest absolute Gasteiger partial charge is 0.415 e. The number of hydrogen-bond acceptors (Lipinski definition) is 6. The van der Waals surface area contributed by atoms with Gasteiger partial charge in [0.2, 0.25) is 5.91 Å². The Morgan fingerprint density at radius 3 is 2.31 bits per heavy atom. The number of carbonyl (C=O) groups excluding carboxylic acids is 2. The van der Waals surface area contributed by atoms with Crippen LogP contribution in [0.15, 0.2) is 60.7 Å². The van der Waals surface area contributed by atoms with Gasteiger partial charge in [-0.05, 0) is 73.9 Å². The lowest BCUT2D eigenvalue weighted by atomic mass is 9.93. The van der Waals surface area contributed by atoms with Gasteiger partial charge < -0.3 is 19.4 Å². The average Bonchev–Trinajstić information content (AvgIpc) is 3.40. The monoisotopic (exact) mass is 551 g/mol. The molecule has 10 heteroatoms. The fourth-order valence-electron chi connectivity index (χ4n) is 5.38. The third-order valence-corrected chi connectivity index (χ3v) is 7.91. The second kappa shape index (κ2) is 11.6. The summed E-state index contributed by atoms with van der Waals surface area (Å²) < 4.78 is 18.8. The number of nitrogens with zero attached hydrogens (tertiary/aromatic N) is 5. The number of hydrogen-bond donors (Lipinski definition) is 0. The molecule has 1 aromatic heterocycles. The molecule has 0 aliphatic carbocycles.